The molecule has 1 rings (SSSR count). The van der Waals surface area contributed by atoms with E-state index in [0.717, 1.165) is 11.4 Å². The van der Waals surface area contributed by atoms with E-state index in [4.69, 9.17) is 0 Å². The van der Waals surface area contributed by atoms with Crippen LogP contribution in [0.2, 0.25) is 0 Å². The van der Waals surface area contributed by atoms with Crippen LogP contribution in [0.4, 0.5) is 0 Å². The first-order valence-electron chi connectivity index (χ1n) is 4.30. The van der Waals surface area contributed by atoms with Gasteiger partial charge in [-0.3, -0.25) is 4.98 Å². The maximum Gasteiger partial charge on any atom is 0.134 e. The van der Waals surface area contributed by atoms with Crippen LogP contribution < -0.4 is 0 Å². The Balaban J connectivity index is 2.97. The van der Waals surface area contributed by atoms with E-state index in [2.05, 4.69) is 42.6 Å². The minimum atomic E-state index is 0.0178. The lowest BCUT2D eigenvalue weighted by molar-refractivity contribution is 0.571. The van der Waals surface area contributed by atoms with Crippen LogP contribution in [0.5, 0.6) is 0 Å². The molecule has 2 nitrogen and oxygen atoms in total. The maximum atomic E-state index is 4.15. The summed E-state index contributed by atoms with van der Waals surface area (Å²) in [5.74, 6) is 6.16. The van der Waals surface area contributed by atoms with E-state index in [1.165, 1.54) is 0 Å². The number of aryl methyl sites for hydroxylation is 1. The van der Waals surface area contributed by atoms with Crippen molar-refractivity contribution >= 4 is 0 Å². The Morgan fingerprint density at radius 2 is 1.77 bits per heavy atom. The zero-order valence-corrected chi connectivity index (χ0v) is 8.55. The topological polar surface area (TPSA) is 25.8 Å². The van der Waals surface area contributed by atoms with Crippen molar-refractivity contribution in [2.75, 3.05) is 0 Å². The monoisotopic (exact) mass is 174 g/mol. The highest BCUT2D eigenvalue weighted by atomic mass is 14.8. The van der Waals surface area contributed by atoms with Crippen LogP contribution in [-0.4, -0.2) is 9.97 Å². The Labute approximate surface area is 79.4 Å². The van der Waals surface area contributed by atoms with Crippen LogP contribution in [0.25, 0.3) is 0 Å². The SMILES string of the molecule is Cc1nccnc1C#CC(C)(C)C. The Morgan fingerprint density at radius 1 is 1.15 bits per heavy atom. The van der Waals surface area contributed by atoms with Crippen molar-refractivity contribution in [3.63, 3.8) is 0 Å². The molecule has 68 valence electrons. The highest BCUT2D eigenvalue weighted by Crippen LogP contribution is 2.10. The van der Waals surface area contributed by atoms with Crippen LogP contribution in [0.3, 0.4) is 0 Å². The average Bonchev–Trinajstić information content (AvgIpc) is 2.01. The molecule has 0 unspecified atom stereocenters. The van der Waals surface area contributed by atoms with Gasteiger partial charge in [0.05, 0.1) is 5.69 Å². The van der Waals surface area contributed by atoms with Crippen molar-refractivity contribution in [3.05, 3.63) is 23.8 Å². The lowest BCUT2D eigenvalue weighted by atomic mass is 9.98. The van der Waals surface area contributed by atoms with Crippen LogP contribution in [-0.2, 0) is 0 Å². The molecule has 1 heterocycles. The van der Waals surface area contributed by atoms with Gasteiger partial charge in [0.1, 0.15) is 5.69 Å². The van der Waals surface area contributed by atoms with E-state index in [9.17, 15) is 0 Å². The molecule has 0 aliphatic heterocycles. The highest BCUT2D eigenvalue weighted by molar-refractivity contribution is 5.31. The number of nitrogens with zero attached hydrogens (tertiary/aromatic N) is 2. The molecule has 0 amide bonds. The minimum absolute atomic E-state index is 0.0178. The van der Waals surface area contributed by atoms with Crippen molar-refractivity contribution in [2.45, 2.75) is 27.7 Å². The van der Waals surface area contributed by atoms with Gasteiger partial charge in [0.15, 0.2) is 0 Å². The second kappa shape index (κ2) is 3.57. The second-order valence-corrected chi connectivity index (χ2v) is 3.99. The summed E-state index contributed by atoms with van der Waals surface area (Å²) < 4.78 is 0. The molecule has 0 aliphatic carbocycles. The van der Waals surface area contributed by atoms with Gasteiger partial charge in [-0.05, 0) is 33.6 Å². The van der Waals surface area contributed by atoms with E-state index in [1.807, 2.05) is 6.92 Å². The third-order valence-electron chi connectivity index (χ3n) is 1.44. The zero-order valence-electron chi connectivity index (χ0n) is 8.55. The first-order chi connectivity index (χ1) is 5.99. The summed E-state index contributed by atoms with van der Waals surface area (Å²) in [5, 5.41) is 0. The molecule has 0 saturated heterocycles. The van der Waals surface area contributed by atoms with Crippen molar-refractivity contribution in [1.29, 1.82) is 0 Å². The molecule has 0 atom stereocenters. The maximum absolute atomic E-state index is 4.15. The van der Waals surface area contributed by atoms with Crippen molar-refractivity contribution < 1.29 is 0 Å². The van der Waals surface area contributed by atoms with Gasteiger partial charge in [-0.15, -0.1) is 0 Å². The number of aromatic nitrogens is 2. The van der Waals surface area contributed by atoms with Gasteiger partial charge in [0, 0.05) is 17.8 Å². The minimum Gasteiger partial charge on any atom is -0.257 e. The van der Waals surface area contributed by atoms with E-state index in [1.54, 1.807) is 12.4 Å². The van der Waals surface area contributed by atoms with Gasteiger partial charge >= 0.3 is 0 Å². The smallest absolute Gasteiger partial charge is 0.134 e. The lowest BCUT2D eigenvalue weighted by Gasteiger charge is -2.06. The van der Waals surface area contributed by atoms with Gasteiger partial charge < -0.3 is 0 Å². The summed E-state index contributed by atoms with van der Waals surface area (Å²) in [6.45, 7) is 8.14. The van der Waals surface area contributed by atoms with Gasteiger partial charge in [-0.25, -0.2) is 4.98 Å². The molecular formula is C11H14N2. The number of hydrogen-bond acceptors (Lipinski definition) is 2. The van der Waals surface area contributed by atoms with Gasteiger partial charge in [0.25, 0.3) is 0 Å². The number of rotatable bonds is 0. The summed E-state index contributed by atoms with van der Waals surface area (Å²) in [4.78, 5) is 8.26. The van der Waals surface area contributed by atoms with E-state index in [0.29, 0.717) is 0 Å². The van der Waals surface area contributed by atoms with Crippen LogP contribution in [0.15, 0.2) is 12.4 Å². The van der Waals surface area contributed by atoms with E-state index < -0.39 is 0 Å². The number of hydrogen-bond donors (Lipinski definition) is 0. The van der Waals surface area contributed by atoms with Crippen molar-refractivity contribution in [3.8, 4) is 11.8 Å². The van der Waals surface area contributed by atoms with Crippen molar-refractivity contribution in [1.82, 2.24) is 9.97 Å². The van der Waals surface area contributed by atoms with Crippen LogP contribution in [0, 0.1) is 24.2 Å². The first-order valence-corrected chi connectivity index (χ1v) is 4.30. The Hall–Kier alpha value is -1.36. The quantitative estimate of drug-likeness (QED) is 0.563. The molecule has 0 aromatic carbocycles. The Morgan fingerprint density at radius 3 is 2.31 bits per heavy atom. The van der Waals surface area contributed by atoms with Crippen molar-refractivity contribution in [2.24, 2.45) is 5.41 Å². The Kier molecular flexibility index (Phi) is 2.67. The fourth-order valence-corrected chi connectivity index (χ4v) is 0.777. The molecule has 0 N–H and O–H groups in total. The molecule has 0 bridgehead atoms. The molecule has 0 saturated carbocycles. The Bertz CT molecular complexity index is 350. The second-order valence-electron chi connectivity index (χ2n) is 3.99. The van der Waals surface area contributed by atoms with Gasteiger partial charge in [-0.2, -0.15) is 0 Å². The summed E-state index contributed by atoms with van der Waals surface area (Å²) >= 11 is 0. The van der Waals surface area contributed by atoms with Gasteiger partial charge in [0.2, 0.25) is 0 Å². The molecular weight excluding hydrogens is 160 g/mol. The zero-order chi connectivity index (χ0) is 9.90. The van der Waals surface area contributed by atoms with Crippen LogP contribution in [0.1, 0.15) is 32.2 Å². The molecule has 1 aromatic heterocycles. The first kappa shape index (κ1) is 9.73. The molecule has 0 fully saturated rings. The molecule has 1 aromatic rings. The molecule has 2 heteroatoms. The highest BCUT2D eigenvalue weighted by Gasteiger charge is 2.04. The van der Waals surface area contributed by atoms with Gasteiger partial charge in [-0.1, -0.05) is 5.92 Å². The predicted octanol–water partition coefficient (Wildman–Crippen LogP) is 2.18. The predicted molar refractivity (Wildman–Crippen MR) is 53.1 cm³/mol. The summed E-state index contributed by atoms with van der Waals surface area (Å²) in [7, 11) is 0. The third kappa shape index (κ3) is 3.25. The normalized spacial score (nSPS) is 10.5. The molecule has 0 radical (unpaired) electrons. The standard InChI is InChI=1S/C11H14N2/c1-9-10(13-8-7-12-9)5-6-11(2,3)4/h7-8H,1-4H3. The fraction of sp³-hybridized carbons (Fsp3) is 0.455. The summed E-state index contributed by atoms with van der Waals surface area (Å²) in [6, 6.07) is 0. The third-order valence-corrected chi connectivity index (χ3v) is 1.44. The average molecular weight is 174 g/mol. The van der Waals surface area contributed by atoms with E-state index in [-0.39, 0.29) is 5.41 Å². The van der Waals surface area contributed by atoms with Crippen LogP contribution >= 0.6 is 0 Å². The fourth-order valence-electron chi connectivity index (χ4n) is 0.777. The molecule has 0 spiro atoms. The lowest BCUT2D eigenvalue weighted by Crippen LogP contribution is -2.00. The summed E-state index contributed by atoms with van der Waals surface area (Å²) in [6.07, 6.45) is 3.34. The van der Waals surface area contributed by atoms with E-state index >= 15 is 0 Å². The molecule has 0 aliphatic rings. The molecule has 13 heavy (non-hydrogen) atoms. The summed E-state index contributed by atoms with van der Waals surface area (Å²) in [5.41, 5.74) is 1.68. The largest absolute Gasteiger partial charge is 0.257 e.